The van der Waals surface area contributed by atoms with Crippen LogP contribution in [0, 0.1) is 12.8 Å². The second-order valence-electron chi connectivity index (χ2n) is 4.74. The lowest BCUT2D eigenvalue weighted by Crippen LogP contribution is -2.10. The van der Waals surface area contributed by atoms with Crippen LogP contribution in [0.1, 0.15) is 24.0 Å². The molecule has 0 fully saturated rings. The fourth-order valence-corrected chi connectivity index (χ4v) is 3.72. The highest BCUT2D eigenvalue weighted by Gasteiger charge is 2.21. The summed E-state index contributed by atoms with van der Waals surface area (Å²) in [6.45, 7) is 2.09. The second-order valence-corrected chi connectivity index (χ2v) is 5.84. The molecule has 3 nitrogen and oxygen atoms in total. The molecule has 1 aliphatic heterocycles. The molecule has 0 saturated heterocycles. The van der Waals surface area contributed by atoms with Gasteiger partial charge in [0.05, 0.1) is 7.11 Å². The zero-order chi connectivity index (χ0) is 13.1. The summed E-state index contributed by atoms with van der Waals surface area (Å²) < 4.78 is 5.29. The van der Waals surface area contributed by atoms with Crippen LogP contribution in [0.15, 0.2) is 17.0 Å². The lowest BCUT2D eigenvalue weighted by Gasteiger charge is -2.14. The molecular weight excluding hydrogens is 248 g/mol. The zero-order valence-electron chi connectivity index (χ0n) is 10.7. The molecule has 2 rings (SSSR count). The van der Waals surface area contributed by atoms with Gasteiger partial charge in [0.1, 0.15) is 5.75 Å². The Balaban J connectivity index is 2.28. The van der Waals surface area contributed by atoms with Crippen LogP contribution < -0.4 is 4.74 Å². The van der Waals surface area contributed by atoms with Crippen LogP contribution in [-0.2, 0) is 11.2 Å². The van der Waals surface area contributed by atoms with Gasteiger partial charge in [-0.3, -0.25) is 4.79 Å². The molecule has 0 radical (unpaired) electrons. The van der Waals surface area contributed by atoms with E-state index < -0.39 is 5.97 Å². The first-order chi connectivity index (χ1) is 8.60. The summed E-state index contributed by atoms with van der Waals surface area (Å²) in [7, 11) is 1.67. The summed E-state index contributed by atoms with van der Waals surface area (Å²) in [5, 5.41) is 8.93. The molecule has 18 heavy (non-hydrogen) atoms. The van der Waals surface area contributed by atoms with E-state index in [1.807, 2.05) is 17.8 Å². The number of benzene rings is 1. The molecule has 1 unspecified atom stereocenters. The summed E-state index contributed by atoms with van der Waals surface area (Å²) in [5.74, 6) is 1.40. The normalized spacial score (nSPS) is 18.9. The molecule has 1 aliphatic rings. The number of hydrogen-bond acceptors (Lipinski definition) is 3. The van der Waals surface area contributed by atoms with Crippen molar-refractivity contribution in [2.75, 3.05) is 12.9 Å². The number of carboxylic acid groups (broad SMARTS) is 1. The van der Waals surface area contributed by atoms with Crippen molar-refractivity contribution >= 4 is 17.7 Å². The highest BCUT2D eigenvalue weighted by atomic mass is 32.2. The van der Waals surface area contributed by atoms with Gasteiger partial charge < -0.3 is 9.84 Å². The van der Waals surface area contributed by atoms with Crippen LogP contribution in [0.2, 0.25) is 0 Å². The van der Waals surface area contributed by atoms with E-state index in [4.69, 9.17) is 9.84 Å². The van der Waals surface area contributed by atoms with Crippen LogP contribution in [0.5, 0.6) is 5.75 Å². The minimum absolute atomic E-state index is 0.239. The van der Waals surface area contributed by atoms with Crippen molar-refractivity contribution < 1.29 is 14.6 Å². The predicted molar refractivity (Wildman–Crippen MR) is 72.5 cm³/mol. The Morgan fingerprint density at radius 2 is 2.33 bits per heavy atom. The van der Waals surface area contributed by atoms with Gasteiger partial charge >= 0.3 is 5.97 Å². The smallest absolute Gasteiger partial charge is 0.303 e. The summed E-state index contributed by atoms with van der Waals surface area (Å²) in [6.07, 6.45) is 2.07. The third-order valence-electron chi connectivity index (χ3n) is 3.31. The fourth-order valence-electron chi connectivity index (χ4n) is 2.45. The van der Waals surface area contributed by atoms with Gasteiger partial charge in [-0.1, -0.05) is 0 Å². The fraction of sp³-hybridized carbons (Fsp3) is 0.500. The third kappa shape index (κ3) is 2.99. The SMILES string of the molecule is COc1cc(C)c2c(c1)CC(CC(=O)O)CCS2. The molecule has 0 aliphatic carbocycles. The number of carbonyl (C=O) groups is 1. The van der Waals surface area contributed by atoms with E-state index in [1.165, 1.54) is 16.0 Å². The first kappa shape index (κ1) is 13.3. The van der Waals surface area contributed by atoms with Crippen molar-refractivity contribution in [3.05, 3.63) is 23.3 Å². The largest absolute Gasteiger partial charge is 0.497 e. The topological polar surface area (TPSA) is 46.5 Å². The van der Waals surface area contributed by atoms with Crippen molar-refractivity contribution in [1.29, 1.82) is 0 Å². The summed E-state index contributed by atoms with van der Waals surface area (Å²) in [6, 6.07) is 4.10. The van der Waals surface area contributed by atoms with E-state index in [0.717, 1.165) is 24.3 Å². The molecule has 0 saturated carbocycles. The molecule has 0 spiro atoms. The van der Waals surface area contributed by atoms with E-state index >= 15 is 0 Å². The number of carboxylic acids is 1. The van der Waals surface area contributed by atoms with Crippen molar-refractivity contribution in [3.8, 4) is 5.75 Å². The number of ether oxygens (including phenoxy) is 1. The monoisotopic (exact) mass is 266 g/mol. The maximum Gasteiger partial charge on any atom is 0.303 e. The first-order valence-electron chi connectivity index (χ1n) is 6.12. The second kappa shape index (κ2) is 5.65. The van der Waals surface area contributed by atoms with Gasteiger partial charge in [-0.15, -0.1) is 11.8 Å². The van der Waals surface area contributed by atoms with Gasteiger partial charge in [-0.05, 0) is 54.7 Å². The lowest BCUT2D eigenvalue weighted by molar-refractivity contribution is -0.138. The van der Waals surface area contributed by atoms with E-state index in [0.29, 0.717) is 0 Å². The maximum atomic E-state index is 10.9. The number of aliphatic carboxylic acids is 1. The number of aryl methyl sites for hydroxylation is 1. The Bertz CT molecular complexity index is 457. The zero-order valence-corrected chi connectivity index (χ0v) is 11.5. The standard InChI is InChI=1S/C14H18O3S/c1-9-5-12(17-2)8-11-6-10(7-13(15)16)3-4-18-14(9)11/h5,8,10H,3-4,6-7H2,1-2H3,(H,15,16). The Morgan fingerprint density at radius 3 is 3.00 bits per heavy atom. The summed E-state index contributed by atoms with van der Waals surface area (Å²) in [4.78, 5) is 12.2. The van der Waals surface area contributed by atoms with Crippen LogP contribution in [-0.4, -0.2) is 23.9 Å². The highest BCUT2D eigenvalue weighted by Crippen LogP contribution is 2.37. The van der Waals surface area contributed by atoms with Gasteiger partial charge in [-0.25, -0.2) is 0 Å². The maximum absolute atomic E-state index is 10.9. The number of methoxy groups -OCH3 is 1. The van der Waals surface area contributed by atoms with Crippen molar-refractivity contribution in [3.63, 3.8) is 0 Å². The molecule has 0 amide bonds. The van der Waals surface area contributed by atoms with Crippen molar-refractivity contribution in [2.24, 2.45) is 5.92 Å². The van der Waals surface area contributed by atoms with Crippen molar-refractivity contribution in [1.82, 2.24) is 0 Å². The van der Waals surface area contributed by atoms with E-state index in [1.54, 1.807) is 7.11 Å². The molecule has 1 aromatic rings. The Morgan fingerprint density at radius 1 is 1.56 bits per heavy atom. The number of rotatable bonds is 3. The molecule has 0 bridgehead atoms. The molecule has 1 atom stereocenters. The van der Waals surface area contributed by atoms with Crippen LogP contribution >= 0.6 is 11.8 Å². The Labute approximate surface area is 112 Å². The molecule has 0 aromatic heterocycles. The molecule has 1 N–H and O–H groups in total. The molecule has 4 heteroatoms. The van der Waals surface area contributed by atoms with Crippen molar-refractivity contribution in [2.45, 2.75) is 31.1 Å². The van der Waals surface area contributed by atoms with E-state index in [2.05, 4.69) is 13.0 Å². The Kier molecular flexibility index (Phi) is 4.17. The summed E-state index contributed by atoms with van der Waals surface area (Å²) in [5.41, 5.74) is 2.46. The quantitative estimate of drug-likeness (QED) is 0.913. The van der Waals surface area contributed by atoms with E-state index in [9.17, 15) is 4.79 Å². The van der Waals surface area contributed by atoms with Gasteiger partial charge in [0.2, 0.25) is 0 Å². The minimum atomic E-state index is -0.701. The van der Waals surface area contributed by atoms with Gasteiger partial charge in [0.15, 0.2) is 0 Å². The number of thioether (sulfide) groups is 1. The number of fused-ring (bicyclic) bond motifs is 1. The molecule has 98 valence electrons. The first-order valence-corrected chi connectivity index (χ1v) is 7.11. The minimum Gasteiger partial charge on any atom is -0.497 e. The van der Waals surface area contributed by atoms with Gasteiger partial charge in [-0.2, -0.15) is 0 Å². The van der Waals surface area contributed by atoms with E-state index in [-0.39, 0.29) is 12.3 Å². The average Bonchev–Trinajstić information content (AvgIpc) is 2.50. The van der Waals surface area contributed by atoms with Gasteiger partial charge in [0, 0.05) is 11.3 Å². The molecular formula is C14H18O3S. The van der Waals surface area contributed by atoms with Crippen LogP contribution in [0.3, 0.4) is 0 Å². The predicted octanol–water partition coefficient (Wildman–Crippen LogP) is 3.13. The highest BCUT2D eigenvalue weighted by molar-refractivity contribution is 7.99. The summed E-state index contributed by atoms with van der Waals surface area (Å²) >= 11 is 1.84. The average molecular weight is 266 g/mol. The molecule has 1 heterocycles. The van der Waals surface area contributed by atoms with Gasteiger partial charge in [0.25, 0.3) is 0 Å². The number of hydrogen-bond donors (Lipinski definition) is 1. The van der Waals surface area contributed by atoms with Crippen LogP contribution in [0.4, 0.5) is 0 Å². The molecule has 1 aromatic carbocycles. The third-order valence-corrected chi connectivity index (χ3v) is 4.62. The lowest BCUT2D eigenvalue weighted by atomic mass is 9.93. The van der Waals surface area contributed by atoms with Crippen LogP contribution in [0.25, 0.3) is 0 Å². The Hall–Kier alpha value is -1.16.